The first-order valence-electron chi connectivity index (χ1n) is 11.4. The van der Waals surface area contributed by atoms with Crippen molar-refractivity contribution in [2.75, 3.05) is 55.7 Å². The zero-order chi connectivity index (χ0) is 22.8. The summed E-state index contributed by atoms with van der Waals surface area (Å²) in [5.74, 6) is 0.980. The highest BCUT2D eigenvalue weighted by atomic mass is 16.6. The van der Waals surface area contributed by atoms with Crippen molar-refractivity contribution in [3.63, 3.8) is 0 Å². The second-order valence-electron chi connectivity index (χ2n) is 8.56. The summed E-state index contributed by atoms with van der Waals surface area (Å²) in [5, 5.41) is 9.00. The van der Waals surface area contributed by atoms with Crippen molar-refractivity contribution in [1.29, 1.82) is 5.26 Å². The van der Waals surface area contributed by atoms with Gasteiger partial charge in [-0.2, -0.15) is 5.26 Å². The van der Waals surface area contributed by atoms with Crippen molar-refractivity contribution in [1.82, 2.24) is 4.90 Å². The predicted octanol–water partition coefficient (Wildman–Crippen LogP) is 2.42. The van der Waals surface area contributed by atoms with Crippen LogP contribution in [0.3, 0.4) is 0 Å². The highest BCUT2D eigenvalue weighted by Gasteiger charge is 2.38. The summed E-state index contributed by atoms with van der Waals surface area (Å²) in [6.07, 6.45) is 1.08. The van der Waals surface area contributed by atoms with Crippen molar-refractivity contribution >= 4 is 23.2 Å². The van der Waals surface area contributed by atoms with Crippen LogP contribution in [0.4, 0.5) is 11.4 Å². The van der Waals surface area contributed by atoms with Crippen LogP contribution in [0.15, 0.2) is 42.5 Å². The number of carbonyl (C=O) groups is 2. The molecule has 0 spiro atoms. The monoisotopic (exact) mass is 446 g/mol. The Balaban J connectivity index is 1.22. The van der Waals surface area contributed by atoms with Gasteiger partial charge < -0.3 is 24.2 Å². The van der Waals surface area contributed by atoms with E-state index in [0.717, 1.165) is 30.9 Å². The molecule has 3 aliphatic rings. The van der Waals surface area contributed by atoms with Gasteiger partial charge in [0.25, 0.3) is 0 Å². The number of amides is 2. The molecule has 0 N–H and O–H groups in total. The first-order valence-corrected chi connectivity index (χ1v) is 11.4. The van der Waals surface area contributed by atoms with Gasteiger partial charge in [0.05, 0.1) is 17.6 Å². The minimum atomic E-state index is -0.341. The Morgan fingerprint density at radius 1 is 0.939 bits per heavy atom. The molecule has 0 aliphatic carbocycles. The topological polar surface area (TPSA) is 86.1 Å². The standard InChI is InChI=1S/C25H26N4O4/c26-16-18-2-4-20(5-3-18)27-8-1-9-28(11-10-27)25(31)19-14-24(30)29(17-19)21-6-7-22-23(15-21)33-13-12-32-22/h2-7,15,19H,1,8-14,17H2. The van der Waals surface area contributed by atoms with Gasteiger partial charge in [-0.1, -0.05) is 0 Å². The lowest BCUT2D eigenvalue weighted by atomic mass is 10.1. The molecule has 0 radical (unpaired) electrons. The van der Waals surface area contributed by atoms with E-state index < -0.39 is 0 Å². The molecule has 3 aliphatic heterocycles. The van der Waals surface area contributed by atoms with E-state index in [1.807, 2.05) is 47.4 Å². The van der Waals surface area contributed by atoms with Crippen LogP contribution in [-0.2, 0) is 9.59 Å². The van der Waals surface area contributed by atoms with E-state index in [1.165, 1.54) is 0 Å². The molecule has 5 rings (SSSR count). The number of carbonyl (C=O) groups excluding carboxylic acids is 2. The van der Waals surface area contributed by atoms with Crippen LogP contribution in [0.25, 0.3) is 0 Å². The molecule has 2 saturated heterocycles. The van der Waals surface area contributed by atoms with E-state index in [0.29, 0.717) is 49.9 Å². The van der Waals surface area contributed by atoms with Gasteiger partial charge in [0.15, 0.2) is 11.5 Å². The fourth-order valence-corrected chi connectivity index (χ4v) is 4.72. The quantitative estimate of drug-likeness (QED) is 0.720. The molecule has 0 saturated carbocycles. The molecule has 1 unspecified atom stereocenters. The number of nitriles is 1. The van der Waals surface area contributed by atoms with E-state index in [-0.39, 0.29) is 24.2 Å². The number of rotatable bonds is 3. The van der Waals surface area contributed by atoms with E-state index in [2.05, 4.69) is 11.0 Å². The van der Waals surface area contributed by atoms with Gasteiger partial charge in [-0.3, -0.25) is 9.59 Å². The van der Waals surface area contributed by atoms with Crippen LogP contribution in [0, 0.1) is 17.2 Å². The third-order valence-corrected chi connectivity index (χ3v) is 6.48. The number of anilines is 2. The first kappa shape index (κ1) is 21.1. The molecule has 8 nitrogen and oxygen atoms in total. The summed E-state index contributed by atoms with van der Waals surface area (Å²) in [5.41, 5.74) is 2.44. The fraction of sp³-hybridized carbons (Fsp3) is 0.400. The first-order chi connectivity index (χ1) is 16.1. The van der Waals surface area contributed by atoms with Crippen molar-refractivity contribution in [2.45, 2.75) is 12.8 Å². The summed E-state index contributed by atoms with van der Waals surface area (Å²) < 4.78 is 11.2. The molecule has 2 amide bonds. The number of hydrogen-bond donors (Lipinski definition) is 0. The number of fused-ring (bicyclic) bond motifs is 1. The molecule has 33 heavy (non-hydrogen) atoms. The third-order valence-electron chi connectivity index (χ3n) is 6.48. The Labute approximate surface area is 192 Å². The molecule has 2 aromatic rings. The van der Waals surface area contributed by atoms with Gasteiger partial charge in [-0.05, 0) is 42.8 Å². The van der Waals surface area contributed by atoms with Gasteiger partial charge in [0.1, 0.15) is 13.2 Å². The van der Waals surface area contributed by atoms with Crippen molar-refractivity contribution in [2.24, 2.45) is 5.92 Å². The average Bonchev–Trinajstić information content (AvgIpc) is 3.08. The lowest BCUT2D eigenvalue weighted by molar-refractivity contribution is -0.135. The van der Waals surface area contributed by atoms with Gasteiger partial charge >= 0.3 is 0 Å². The van der Waals surface area contributed by atoms with Crippen molar-refractivity contribution in [3.8, 4) is 17.6 Å². The second-order valence-corrected chi connectivity index (χ2v) is 8.56. The van der Waals surface area contributed by atoms with E-state index in [4.69, 9.17) is 14.7 Å². The number of ether oxygens (including phenoxy) is 2. The van der Waals surface area contributed by atoms with Crippen LogP contribution in [0.2, 0.25) is 0 Å². The maximum absolute atomic E-state index is 13.3. The summed E-state index contributed by atoms with van der Waals surface area (Å²) in [7, 11) is 0. The molecule has 3 heterocycles. The van der Waals surface area contributed by atoms with Gasteiger partial charge in [0, 0.05) is 56.6 Å². The van der Waals surface area contributed by atoms with Gasteiger partial charge in [-0.15, -0.1) is 0 Å². The Bertz CT molecular complexity index is 1090. The molecule has 2 aromatic carbocycles. The molecule has 0 aromatic heterocycles. The normalized spacial score (nSPS) is 20.4. The van der Waals surface area contributed by atoms with Gasteiger partial charge in [-0.25, -0.2) is 0 Å². The maximum Gasteiger partial charge on any atom is 0.228 e. The van der Waals surface area contributed by atoms with Crippen LogP contribution in [-0.4, -0.2) is 62.7 Å². The highest BCUT2D eigenvalue weighted by Crippen LogP contribution is 2.36. The zero-order valence-corrected chi connectivity index (χ0v) is 18.4. The molecular formula is C25H26N4O4. The number of benzene rings is 2. The van der Waals surface area contributed by atoms with Gasteiger partial charge in [0.2, 0.25) is 11.8 Å². The molecular weight excluding hydrogens is 420 g/mol. The highest BCUT2D eigenvalue weighted by molar-refractivity contribution is 6.00. The SMILES string of the molecule is N#Cc1ccc(N2CCCN(C(=O)C3CC(=O)N(c4ccc5c(c4)OCCO5)C3)CC2)cc1. The largest absolute Gasteiger partial charge is 0.486 e. The Morgan fingerprint density at radius 2 is 1.70 bits per heavy atom. The molecule has 170 valence electrons. The zero-order valence-electron chi connectivity index (χ0n) is 18.4. The Morgan fingerprint density at radius 3 is 2.48 bits per heavy atom. The summed E-state index contributed by atoms with van der Waals surface area (Å²) in [6.45, 7) is 4.26. The smallest absolute Gasteiger partial charge is 0.228 e. The minimum Gasteiger partial charge on any atom is -0.486 e. The molecule has 1 atom stereocenters. The van der Waals surface area contributed by atoms with Crippen LogP contribution in [0.1, 0.15) is 18.4 Å². The molecule has 2 fully saturated rings. The van der Waals surface area contributed by atoms with Crippen LogP contribution in [0.5, 0.6) is 11.5 Å². The third kappa shape index (κ3) is 4.31. The summed E-state index contributed by atoms with van der Waals surface area (Å²) in [6, 6.07) is 15.2. The maximum atomic E-state index is 13.3. The summed E-state index contributed by atoms with van der Waals surface area (Å²) >= 11 is 0. The Kier molecular flexibility index (Phi) is 5.78. The second kappa shape index (κ2) is 9.02. The molecule has 8 heteroatoms. The minimum absolute atomic E-state index is 0.0425. The fourth-order valence-electron chi connectivity index (χ4n) is 4.72. The van der Waals surface area contributed by atoms with E-state index in [1.54, 1.807) is 4.90 Å². The predicted molar refractivity (Wildman–Crippen MR) is 122 cm³/mol. The van der Waals surface area contributed by atoms with Crippen LogP contribution >= 0.6 is 0 Å². The lowest BCUT2D eigenvalue weighted by Crippen LogP contribution is -2.40. The number of nitrogens with zero attached hydrogens (tertiary/aromatic N) is 4. The van der Waals surface area contributed by atoms with E-state index in [9.17, 15) is 9.59 Å². The molecule has 0 bridgehead atoms. The average molecular weight is 447 g/mol. The number of hydrogen-bond acceptors (Lipinski definition) is 6. The van der Waals surface area contributed by atoms with Crippen molar-refractivity contribution in [3.05, 3.63) is 48.0 Å². The Hall–Kier alpha value is -3.73. The lowest BCUT2D eigenvalue weighted by Gasteiger charge is -2.25. The van der Waals surface area contributed by atoms with Crippen molar-refractivity contribution < 1.29 is 19.1 Å². The van der Waals surface area contributed by atoms with Crippen LogP contribution < -0.4 is 19.3 Å². The summed E-state index contributed by atoms with van der Waals surface area (Å²) in [4.78, 5) is 31.9. The van der Waals surface area contributed by atoms with E-state index >= 15 is 0 Å².